The molecule has 0 saturated heterocycles. The van der Waals surface area contributed by atoms with Crippen molar-refractivity contribution in [2.45, 2.75) is 18.3 Å². The molecule has 5 nitrogen and oxygen atoms in total. The molecule has 1 heterocycles. The number of aromatic amines is 1. The number of benzene rings is 2. The number of rotatable bonds is 5. The standard InChI is InChI=1S/C19H19N3O2S/c1-23-13-8-9-17(24-2)16(10-13)22-18(20-21-19(22)25)15-11-14(15)12-6-4-3-5-7-12/h3-10,14-15H,11H2,1-2H3,(H,21,25)/t14-,15+/m0/s1. The molecule has 1 aliphatic carbocycles. The Hall–Kier alpha value is -2.60. The maximum absolute atomic E-state index is 5.53. The van der Waals surface area contributed by atoms with E-state index in [0.717, 1.165) is 29.4 Å². The van der Waals surface area contributed by atoms with Crippen LogP contribution in [-0.4, -0.2) is 29.0 Å². The lowest BCUT2D eigenvalue weighted by molar-refractivity contribution is 0.401. The van der Waals surface area contributed by atoms with Crippen molar-refractivity contribution in [1.82, 2.24) is 14.8 Å². The molecule has 2 aromatic carbocycles. The number of hydrogen-bond acceptors (Lipinski definition) is 4. The molecule has 4 rings (SSSR count). The molecule has 1 fully saturated rings. The molecule has 0 unspecified atom stereocenters. The molecule has 1 aliphatic rings. The third-order valence-electron chi connectivity index (χ3n) is 4.68. The number of H-pyrrole nitrogens is 1. The van der Waals surface area contributed by atoms with Crippen molar-refractivity contribution in [3.63, 3.8) is 0 Å². The van der Waals surface area contributed by atoms with Gasteiger partial charge in [0.05, 0.1) is 19.9 Å². The van der Waals surface area contributed by atoms with E-state index >= 15 is 0 Å². The summed E-state index contributed by atoms with van der Waals surface area (Å²) in [5, 5.41) is 7.45. The number of aromatic nitrogens is 3. The van der Waals surface area contributed by atoms with Crippen molar-refractivity contribution >= 4 is 12.2 Å². The Morgan fingerprint density at radius 2 is 1.88 bits per heavy atom. The maximum Gasteiger partial charge on any atom is 0.200 e. The number of ether oxygens (including phenoxy) is 2. The topological polar surface area (TPSA) is 52.1 Å². The zero-order valence-electron chi connectivity index (χ0n) is 14.1. The lowest BCUT2D eigenvalue weighted by atomic mass is 10.1. The number of methoxy groups -OCH3 is 2. The van der Waals surface area contributed by atoms with Crippen LogP contribution in [0.4, 0.5) is 0 Å². The minimum absolute atomic E-state index is 0.339. The minimum Gasteiger partial charge on any atom is -0.497 e. The van der Waals surface area contributed by atoms with Crippen LogP contribution in [0.25, 0.3) is 5.69 Å². The Morgan fingerprint density at radius 3 is 2.60 bits per heavy atom. The van der Waals surface area contributed by atoms with Gasteiger partial charge in [-0.3, -0.25) is 9.67 Å². The van der Waals surface area contributed by atoms with E-state index in [-0.39, 0.29) is 0 Å². The van der Waals surface area contributed by atoms with Crippen molar-refractivity contribution in [2.75, 3.05) is 14.2 Å². The van der Waals surface area contributed by atoms with E-state index in [1.165, 1.54) is 5.56 Å². The monoisotopic (exact) mass is 353 g/mol. The van der Waals surface area contributed by atoms with Crippen LogP contribution in [0.5, 0.6) is 11.5 Å². The molecule has 0 bridgehead atoms. The second kappa shape index (κ2) is 6.37. The molecule has 1 N–H and O–H groups in total. The van der Waals surface area contributed by atoms with Gasteiger partial charge in [-0.15, -0.1) is 0 Å². The summed E-state index contributed by atoms with van der Waals surface area (Å²) in [6.45, 7) is 0. The Kier molecular flexibility index (Phi) is 4.05. The maximum atomic E-state index is 5.53. The summed E-state index contributed by atoms with van der Waals surface area (Å²) in [6, 6.07) is 16.2. The molecule has 1 saturated carbocycles. The summed E-state index contributed by atoms with van der Waals surface area (Å²) in [7, 11) is 3.30. The van der Waals surface area contributed by atoms with E-state index in [4.69, 9.17) is 21.7 Å². The Labute approximate surface area is 151 Å². The van der Waals surface area contributed by atoms with E-state index in [1.807, 2.05) is 28.8 Å². The molecule has 0 aliphatic heterocycles. The average molecular weight is 353 g/mol. The van der Waals surface area contributed by atoms with E-state index in [2.05, 4.69) is 34.5 Å². The molecule has 128 valence electrons. The van der Waals surface area contributed by atoms with Gasteiger partial charge in [-0.25, -0.2) is 0 Å². The van der Waals surface area contributed by atoms with Gasteiger partial charge in [0, 0.05) is 12.0 Å². The van der Waals surface area contributed by atoms with Gasteiger partial charge in [-0.1, -0.05) is 30.3 Å². The fourth-order valence-electron chi connectivity index (χ4n) is 3.31. The molecule has 0 amide bonds. The fourth-order valence-corrected chi connectivity index (χ4v) is 3.55. The van der Waals surface area contributed by atoms with Crippen LogP contribution in [0.15, 0.2) is 48.5 Å². The smallest absolute Gasteiger partial charge is 0.200 e. The van der Waals surface area contributed by atoms with Crippen LogP contribution in [0.3, 0.4) is 0 Å². The van der Waals surface area contributed by atoms with Gasteiger partial charge in [-0.05, 0) is 42.3 Å². The van der Waals surface area contributed by atoms with Crippen molar-refractivity contribution in [3.05, 3.63) is 64.7 Å². The van der Waals surface area contributed by atoms with Gasteiger partial charge in [0.15, 0.2) is 4.77 Å². The first-order valence-electron chi connectivity index (χ1n) is 8.17. The minimum atomic E-state index is 0.339. The fraction of sp³-hybridized carbons (Fsp3) is 0.263. The molecule has 3 aromatic rings. The first kappa shape index (κ1) is 15.9. The summed E-state index contributed by atoms with van der Waals surface area (Å²) >= 11 is 5.49. The second-order valence-electron chi connectivity index (χ2n) is 6.12. The zero-order valence-corrected chi connectivity index (χ0v) is 14.9. The largest absolute Gasteiger partial charge is 0.497 e. The summed E-state index contributed by atoms with van der Waals surface area (Å²) in [5.41, 5.74) is 2.18. The Bertz CT molecular complexity index is 949. The van der Waals surface area contributed by atoms with Crippen LogP contribution < -0.4 is 9.47 Å². The first-order chi connectivity index (χ1) is 12.2. The quantitative estimate of drug-likeness (QED) is 0.698. The highest BCUT2D eigenvalue weighted by molar-refractivity contribution is 7.71. The predicted molar refractivity (Wildman–Crippen MR) is 98.4 cm³/mol. The lowest BCUT2D eigenvalue weighted by Crippen LogP contribution is -2.04. The summed E-state index contributed by atoms with van der Waals surface area (Å²) in [4.78, 5) is 0. The van der Waals surface area contributed by atoms with Crippen LogP contribution in [-0.2, 0) is 0 Å². The van der Waals surface area contributed by atoms with Crippen molar-refractivity contribution < 1.29 is 9.47 Å². The highest BCUT2D eigenvalue weighted by atomic mass is 32.1. The molecule has 1 aromatic heterocycles. The van der Waals surface area contributed by atoms with Gasteiger partial charge in [-0.2, -0.15) is 5.10 Å². The zero-order chi connectivity index (χ0) is 17.4. The molecule has 2 atom stereocenters. The molecular formula is C19H19N3O2S. The van der Waals surface area contributed by atoms with Crippen LogP contribution >= 0.6 is 12.2 Å². The highest BCUT2D eigenvalue weighted by Crippen LogP contribution is 2.54. The first-order valence-corrected chi connectivity index (χ1v) is 8.58. The van der Waals surface area contributed by atoms with Crippen LogP contribution in [0, 0.1) is 4.77 Å². The van der Waals surface area contributed by atoms with Gasteiger partial charge >= 0.3 is 0 Å². The summed E-state index contributed by atoms with van der Waals surface area (Å²) in [6.07, 6.45) is 1.07. The van der Waals surface area contributed by atoms with Gasteiger partial charge in [0.1, 0.15) is 17.3 Å². The number of nitrogens with one attached hydrogen (secondary N) is 1. The van der Waals surface area contributed by atoms with Crippen molar-refractivity contribution in [2.24, 2.45) is 0 Å². The van der Waals surface area contributed by atoms with E-state index in [9.17, 15) is 0 Å². The van der Waals surface area contributed by atoms with Crippen LogP contribution in [0.2, 0.25) is 0 Å². The number of nitrogens with zero attached hydrogens (tertiary/aromatic N) is 2. The second-order valence-corrected chi connectivity index (χ2v) is 6.51. The SMILES string of the molecule is COc1ccc(OC)c(-n2c([C@@H]3C[C@H]3c3ccccc3)n[nH]c2=S)c1. The van der Waals surface area contributed by atoms with Gasteiger partial charge in [0.2, 0.25) is 0 Å². The summed E-state index contributed by atoms with van der Waals surface area (Å²) in [5.74, 6) is 3.23. The van der Waals surface area contributed by atoms with Gasteiger partial charge in [0.25, 0.3) is 0 Å². The van der Waals surface area contributed by atoms with Crippen molar-refractivity contribution in [3.8, 4) is 17.2 Å². The molecule has 0 radical (unpaired) electrons. The lowest BCUT2D eigenvalue weighted by Gasteiger charge is -2.13. The highest BCUT2D eigenvalue weighted by Gasteiger charge is 2.43. The Balaban J connectivity index is 1.76. The Morgan fingerprint density at radius 1 is 1.08 bits per heavy atom. The van der Waals surface area contributed by atoms with E-state index < -0.39 is 0 Å². The molecule has 6 heteroatoms. The molecule has 0 spiro atoms. The average Bonchev–Trinajstić information content (AvgIpc) is 3.37. The van der Waals surface area contributed by atoms with E-state index in [1.54, 1.807) is 14.2 Å². The molecule has 25 heavy (non-hydrogen) atoms. The van der Waals surface area contributed by atoms with E-state index in [0.29, 0.717) is 16.6 Å². The third kappa shape index (κ3) is 2.82. The third-order valence-corrected chi connectivity index (χ3v) is 4.95. The van der Waals surface area contributed by atoms with Gasteiger partial charge < -0.3 is 9.47 Å². The predicted octanol–water partition coefficient (Wildman–Crippen LogP) is 4.22. The van der Waals surface area contributed by atoms with Crippen molar-refractivity contribution in [1.29, 1.82) is 0 Å². The van der Waals surface area contributed by atoms with Crippen LogP contribution in [0.1, 0.15) is 29.6 Å². The normalized spacial score (nSPS) is 18.8. The molecular weight excluding hydrogens is 334 g/mol. The summed E-state index contributed by atoms with van der Waals surface area (Å²) < 4.78 is 13.4. The number of hydrogen-bond donors (Lipinski definition) is 1.